The number of nitrogens with zero attached hydrogens (tertiary/aromatic N) is 5. The average molecular weight is 223 g/mol. The summed E-state index contributed by atoms with van der Waals surface area (Å²) in [6.07, 6.45) is 1.57. The summed E-state index contributed by atoms with van der Waals surface area (Å²) in [7, 11) is 0. The monoisotopic (exact) mass is 222 g/mol. The Morgan fingerprint density at radius 1 is 1.47 bits per heavy atom. The van der Waals surface area contributed by atoms with Gasteiger partial charge in [-0.2, -0.15) is 5.10 Å². The molecule has 0 saturated carbocycles. The van der Waals surface area contributed by atoms with Crippen LogP contribution in [0.4, 0.5) is 5.95 Å². The van der Waals surface area contributed by atoms with Gasteiger partial charge in [-0.3, -0.25) is 0 Å². The van der Waals surface area contributed by atoms with E-state index in [0.717, 1.165) is 10.4 Å². The van der Waals surface area contributed by atoms with Crippen molar-refractivity contribution >= 4 is 23.8 Å². The van der Waals surface area contributed by atoms with Gasteiger partial charge < -0.3 is 5.73 Å². The van der Waals surface area contributed by atoms with Crippen molar-refractivity contribution in [3.05, 3.63) is 34.9 Å². The zero-order valence-electron chi connectivity index (χ0n) is 7.58. The number of hydrogen-bond acceptors (Lipinski definition) is 5. The van der Waals surface area contributed by atoms with Crippen LogP contribution in [-0.2, 0) is 0 Å². The van der Waals surface area contributed by atoms with Gasteiger partial charge in [0.25, 0.3) is 5.95 Å². The van der Waals surface area contributed by atoms with Gasteiger partial charge in [0.2, 0.25) is 0 Å². The largest absolute Gasteiger partial charge is 0.365 e. The third kappa shape index (κ3) is 2.29. The molecule has 7 heteroatoms. The van der Waals surface area contributed by atoms with Gasteiger partial charge in [0.1, 0.15) is 0 Å². The van der Waals surface area contributed by atoms with Crippen LogP contribution in [0.1, 0.15) is 5.56 Å². The van der Waals surface area contributed by atoms with Crippen molar-refractivity contribution in [3.8, 4) is 0 Å². The molecule has 0 unspecified atom stereocenters. The fraction of sp³-hybridized carbons (Fsp3) is 0. The first kappa shape index (κ1) is 9.60. The van der Waals surface area contributed by atoms with Gasteiger partial charge in [0.05, 0.1) is 6.21 Å². The maximum absolute atomic E-state index is 5.80. The van der Waals surface area contributed by atoms with Gasteiger partial charge in [-0.15, -0.1) is 0 Å². The molecule has 76 valence electrons. The maximum Gasteiger partial charge on any atom is 0.263 e. The van der Waals surface area contributed by atoms with Crippen LogP contribution in [0.3, 0.4) is 0 Å². The Morgan fingerprint density at radius 2 is 2.33 bits per heavy atom. The van der Waals surface area contributed by atoms with Crippen LogP contribution in [0.25, 0.3) is 0 Å². The number of rotatable bonds is 2. The zero-order valence-corrected chi connectivity index (χ0v) is 8.33. The lowest BCUT2D eigenvalue weighted by Gasteiger charge is -1.93. The van der Waals surface area contributed by atoms with Crippen LogP contribution in [0.5, 0.6) is 0 Å². The smallest absolute Gasteiger partial charge is 0.263 e. The number of hydrogen-bond donors (Lipinski definition) is 1. The highest BCUT2D eigenvalue weighted by Gasteiger charge is 1.96. The molecule has 0 aliphatic carbocycles. The Labute approximate surface area is 90.3 Å². The molecule has 2 N–H and O–H groups in total. The maximum atomic E-state index is 5.80. The van der Waals surface area contributed by atoms with E-state index in [4.69, 9.17) is 17.3 Å². The van der Waals surface area contributed by atoms with E-state index >= 15 is 0 Å². The van der Waals surface area contributed by atoms with E-state index in [9.17, 15) is 0 Å². The second-order valence-corrected chi connectivity index (χ2v) is 3.16. The molecule has 0 fully saturated rings. The Balaban J connectivity index is 2.22. The highest BCUT2D eigenvalue weighted by atomic mass is 35.5. The van der Waals surface area contributed by atoms with Gasteiger partial charge in [-0.25, -0.2) is 0 Å². The van der Waals surface area contributed by atoms with Crippen molar-refractivity contribution in [2.45, 2.75) is 0 Å². The Morgan fingerprint density at radius 3 is 3.00 bits per heavy atom. The second kappa shape index (κ2) is 4.05. The molecule has 0 aliphatic rings. The van der Waals surface area contributed by atoms with Crippen molar-refractivity contribution < 1.29 is 0 Å². The minimum atomic E-state index is 0.133. The third-order valence-corrected chi connectivity index (χ3v) is 1.88. The summed E-state index contributed by atoms with van der Waals surface area (Å²) < 4.78 is 0. The molecule has 1 heterocycles. The van der Waals surface area contributed by atoms with E-state index in [0.29, 0.717) is 5.02 Å². The quantitative estimate of drug-likeness (QED) is 0.762. The lowest BCUT2D eigenvalue weighted by Crippen LogP contribution is -1.99. The summed E-state index contributed by atoms with van der Waals surface area (Å²) in [5.74, 6) is 0.133. The molecule has 0 radical (unpaired) electrons. The molecule has 0 saturated heterocycles. The number of anilines is 1. The molecular weight excluding hydrogens is 216 g/mol. The molecule has 0 bridgehead atoms. The van der Waals surface area contributed by atoms with E-state index in [1.807, 2.05) is 12.1 Å². The van der Waals surface area contributed by atoms with E-state index in [1.165, 1.54) is 0 Å². The SMILES string of the molecule is Nc1nnnn1/N=C\c1cccc(Cl)c1. The summed E-state index contributed by atoms with van der Waals surface area (Å²) in [5.41, 5.74) is 6.27. The Kier molecular flexibility index (Phi) is 2.59. The number of nitrogens with two attached hydrogens (primary N) is 1. The standard InChI is InChI=1S/C8H7ClN6/c9-7-3-1-2-6(4-7)5-11-15-8(10)12-13-14-15/h1-5H,(H2,10,12,14)/b11-5-. The number of halogens is 1. The Bertz CT molecular complexity index is 491. The van der Waals surface area contributed by atoms with Crippen LogP contribution in [-0.4, -0.2) is 26.5 Å². The third-order valence-electron chi connectivity index (χ3n) is 1.64. The Hall–Kier alpha value is -1.95. The van der Waals surface area contributed by atoms with Gasteiger partial charge in [-0.1, -0.05) is 33.6 Å². The van der Waals surface area contributed by atoms with Gasteiger partial charge in [0.15, 0.2) is 0 Å². The van der Waals surface area contributed by atoms with E-state index in [-0.39, 0.29) is 5.95 Å². The molecule has 2 rings (SSSR count). The van der Waals surface area contributed by atoms with Crippen molar-refractivity contribution in [1.82, 2.24) is 20.3 Å². The lowest BCUT2D eigenvalue weighted by atomic mass is 10.2. The normalized spacial score (nSPS) is 11.0. The van der Waals surface area contributed by atoms with E-state index < -0.39 is 0 Å². The number of nitrogen functional groups attached to an aromatic ring is 1. The highest BCUT2D eigenvalue weighted by molar-refractivity contribution is 6.30. The van der Waals surface area contributed by atoms with Crippen LogP contribution >= 0.6 is 11.6 Å². The minimum Gasteiger partial charge on any atom is -0.365 e. The number of tetrazole rings is 1. The second-order valence-electron chi connectivity index (χ2n) is 2.73. The molecular formula is C8H7ClN6. The molecule has 0 amide bonds. The molecule has 0 spiro atoms. The van der Waals surface area contributed by atoms with Gasteiger partial charge in [0, 0.05) is 5.02 Å². The first-order chi connectivity index (χ1) is 7.25. The molecule has 0 atom stereocenters. The average Bonchev–Trinajstić information content (AvgIpc) is 2.61. The van der Waals surface area contributed by atoms with Crippen LogP contribution in [0.15, 0.2) is 29.4 Å². The lowest BCUT2D eigenvalue weighted by molar-refractivity contribution is 0.699. The van der Waals surface area contributed by atoms with E-state index in [1.54, 1.807) is 18.3 Å². The zero-order chi connectivity index (χ0) is 10.7. The minimum absolute atomic E-state index is 0.133. The van der Waals surface area contributed by atoms with Crippen molar-refractivity contribution in [2.75, 3.05) is 5.73 Å². The number of benzene rings is 1. The van der Waals surface area contributed by atoms with Gasteiger partial charge >= 0.3 is 0 Å². The molecule has 2 aromatic rings. The van der Waals surface area contributed by atoms with Gasteiger partial charge in [-0.05, 0) is 28.1 Å². The predicted molar refractivity (Wildman–Crippen MR) is 56.7 cm³/mol. The molecule has 1 aromatic heterocycles. The predicted octanol–water partition coefficient (Wildman–Crippen LogP) is 0.791. The van der Waals surface area contributed by atoms with Crippen molar-refractivity contribution in [3.63, 3.8) is 0 Å². The first-order valence-electron chi connectivity index (χ1n) is 4.09. The summed E-state index contributed by atoms with van der Waals surface area (Å²) >= 11 is 5.80. The van der Waals surface area contributed by atoms with Crippen molar-refractivity contribution in [2.24, 2.45) is 5.10 Å². The van der Waals surface area contributed by atoms with Crippen LogP contribution < -0.4 is 5.73 Å². The first-order valence-corrected chi connectivity index (χ1v) is 4.47. The van der Waals surface area contributed by atoms with Crippen LogP contribution in [0.2, 0.25) is 5.02 Å². The fourth-order valence-electron chi connectivity index (χ4n) is 0.980. The van der Waals surface area contributed by atoms with Crippen molar-refractivity contribution in [1.29, 1.82) is 0 Å². The highest BCUT2D eigenvalue weighted by Crippen LogP contribution is 2.08. The molecule has 1 aromatic carbocycles. The summed E-state index contributed by atoms with van der Waals surface area (Å²) in [6, 6.07) is 7.23. The topological polar surface area (TPSA) is 82.0 Å². The summed E-state index contributed by atoms with van der Waals surface area (Å²) in [6.45, 7) is 0. The number of aromatic nitrogens is 4. The molecule has 6 nitrogen and oxygen atoms in total. The fourth-order valence-corrected chi connectivity index (χ4v) is 1.18. The summed E-state index contributed by atoms with van der Waals surface area (Å²) in [5, 5.41) is 15.0. The summed E-state index contributed by atoms with van der Waals surface area (Å²) in [4.78, 5) is 1.13. The molecule has 15 heavy (non-hydrogen) atoms. The molecule has 0 aliphatic heterocycles. The van der Waals surface area contributed by atoms with Crippen LogP contribution in [0, 0.1) is 0 Å². The van der Waals surface area contributed by atoms with E-state index in [2.05, 4.69) is 20.6 Å².